The molecule has 3 aromatic rings. The van der Waals surface area contributed by atoms with Crippen molar-refractivity contribution in [3.05, 3.63) is 83.9 Å². The zero-order valence-corrected chi connectivity index (χ0v) is 23.0. The molecule has 0 aromatic heterocycles. The molecule has 0 atom stereocenters. The smallest absolute Gasteiger partial charge is 0.338 e. The number of carbonyl (C=O) groups excluding carboxylic acids is 2. The van der Waals surface area contributed by atoms with Crippen LogP contribution < -0.4 is 25.7 Å². The number of benzene rings is 3. The van der Waals surface area contributed by atoms with Crippen LogP contribution >= 0.6 is 0 Å². The quantitative estimate of drug-likeness (QED) is 0.0691. The van der Waals surface area contributed by atoms with Gasteiger partial charge in [-0.25, -0.2) is 9.59 Å². The number of anilines is 2. The topological polar surface area (TPSA) is 123 Å². The molecule has 4 N–H and O–H groups in total. The van der Waals surface area contributed by atoms with Gasteiger partial charge >= 0.3 is 11.9 Å². The summed E-state index contributed by atoms with van der Waals surface area (Å²) in [7, 11) is 0. The Morgan fingerprint density at radius 3 is 1.88 bits per heavy atom. The fourth-order valence-electron chi connectivity index (χ4n) is 3.72. The molecule has 3 aromatic carbocycles. The summed E-state index contributed by atoms with van der Waals surface area (Å²) in [4.78, 5) is 24.2. The highest BCUT2D eigenvalue weighted by Gasteiger charge is 2.08. The lowest BCUT2D eigenvalue weighted by Crippen LogP contribution is -2.08. The van der Waals surface area contributed by atoms with Crippen LogP contribution in [-0.4, -0.2) is 31.8 Å². The summed E-state index contributed by atoms with van der Waals surface area (Å²) in [5.41, 5.74) is 13.5. The fourth-order valence-corrected chi connectivity index (χ4v) is 3.72. The number of carbonyl (C=O) groups is 2. The summed E-state index contributed by atoms with van der Waals surface area (Å²) in [6, 6.07) is 19.2. The number of hydrogen-bond acceptors (Lipinski definition) is 8. The Balaban J connectivity index is 1.27. The summed E-state index contributed by atoms with van der Waals surface area (Å²) in [6.45, 7) is 3.72. The van der Waals surface area contributed by atoms with Gasteiger partial charge in [-0.2, -0.15) is 0 Å². The Kier molecular flexibility index (Phi) is 12.4. The van der Waals surface area contributed by atoms with E-state index in [1.54, 1.807) is 48.5 Å². The first-order valence-corrected chi connectivity index (χ1v) is 13.6. The molecule has 0 saturated carbocycles. The minimum absolute atomic E-state index is 0.345. The van der Waals surface area contributed by atoms with Crippen molar-refractivity contribution in [3.63, 3.8) is 0 Å². The second kappa shape index (κ2) is 16.5. The average Bonchev–Trinajstić information content (AvgIpc) is 2.94. The number of hydrogen-bond donors (Lipinski definition) is 2. The van der Waals surface area contributed by atoms with Gasteiger partial charge in [-0.15, -0.1) is 0 Å². The lowest BCUT2D eigenvalue weighted by atomic mass is 10.2. The van der Waals surface area contributed by atoms with Gasteiger partial charge in [-0.05, 0) is 98.3 Å². The summed E-state index contributed by atoms with van der Waals surface area (Å²) in [6.07, 6.45) is 8.70. The highest BCUT2D eigenvalue weighted by molar-refractivity contribution is 5.91. The summed E-state index contributed by atoms with van der Waals surface area (Å²) >= 11 is 0. The minimum Gasteiger partial charge on any atom is -0.494 e. The number of nitrogens with two attached hydrogens (primary N) is 2. The van der Waals surface area contributed by atoms with Gasteiger partial charge in [0, 0.05) is 17.5 Å². The number of esters is 2. The molecule has 0 radical (unpaired) electrons. The fraction of sp³-hybridized carbons (Fsp3) is 0.312. The molecule has 0 aliphatic heterocycles. The maximum absolute atomic E-state index is 12.1. The van der Waals surface area contributed by atoms with E-state index in [1.807, 2.05) is 24.3 Å². The maximum Gasteiger partial charge on any atom is 0.338 e. The number of ether oxygens (including phenoxy) is 4. The number of nitrogen functional groups attached to an aromatic ring is 2. The van der Waals surface area contributed by atoms with Crippen molar-refractivity contribution >= 4 is 29.4 Å². The molecule has 0 amide bonds. The van der Waals surface area contributed by atoms with Gasteiger partial charge in [0.05, 0.1) is 25.4 Å². The summed E-state index contributed by atoms with van der Waals surface area (Å²) in [5.74, 6) is 1.10. The van der Waals surface area contributed by atoms with E-state index in [9.17, 15) is 9.59 Å². The molecular weight excluding hydrogens is 508 g/mol. The van der Waals surface area contributed by atoms with E-state index in [0.717, 1.165) is 55.6 Å². The van der Waals surface area contributed by atoms with Crippen molar-refractivity contribution in [1.29, 1.82) is 0 Å². The van der Waals surface area contributed by atoms with E-state index in [0.29, 0.717) is 42.5 Å². The standard InChI is InChI=1S/C32H38N2O6/c1-2-3-18-37-29-13-15-30(16-14-29)40-31(35)17-10-24-8-11-28(12-9-24)38-19-6-4-5-7-20-39-32(36)25-21-26(33)23-27(34)22-25/h8-17,21-23H,2-7,18-20,33-34H2,1H3/b17-10+. The first kappa shape index (κ1) is 30.1. The molecule has 0 bridgehead atoms. The largest absolute Gasteiger partial charge is 0.494 e. The Morgan fingerprint density at radius 1 is 0.700 bits per heavy atom. The predicted molar refractivity (Wildman–Crippen MR) is 157 cm³/mol. The molecular formula is C32H38N2O6. The molecule has 212 valence electrons. The van der Waals surface area contributed by atoms with E-state index in [2.05, 4.69) is 6.92 Å². The first-order valence-electron chi connectivity index (χ1n) is 13.6. The highest BCUT2D eigenvalue weighted by Crippen LogP contribution is 2.19. The third-order valence-corrected chi connectivity index (χ3v) is 5.85. The average molecular weight is 547 g/mol. The molecule has 0 fully saturated rings. The van der Waals surface area contributed by atoms with Crippen molar-refractivity contribution < 1.29 is 28.5 Å². The molecule has 0 aliphatic carbocycles. The zero-order chi connectivity index (χ0) is 28.6. The van der Waals surface area contributed by atoms with E-state index in [-0.39, 0.29) is 0 Å². The van der Waals surface area contributed by atoms with E-state index >= 15 is 0 Å². The Bertz CT molecular complexity index is 1220. The number of rotatable bonds is 16. The van der Waals surface area contributed by atoms with Crippen molar-refractivity contribution in [2.24, 2.45) is 0 Å². The molecule has 40 heavy (non-hydrogen) atoms. The van der Waals surface area contributed by atoms with Crippen molar-refractivity contribution in [2.45, 2.75) is 45.4 Å². The lowest BCUT2D eigenvalue weighted by Gasteiger charge is -2.08. The van der Waals surface area contributed by atoms with Crippen LogP contribution in [0, 0.1) is 0 Å². The van der Waals surface area contributed by atoms with Crippen LogP contribution in [0.1, 0.15) is 61.4 Å². The van der Waals surface area contributed by atoms with Gasteiger partial charge < -0.3 is 30.4 Å². The maximum atomic E-state index is 12.1. The first-order chi connectivity index (χ1) is 19.4. The van der Waals surface area contributed by atoms with Gasteiger partial charge in [-0.1, -0.05) is 25.5 Å². The molecule has 0 unspecified atom stereocenters. The van der Waals surface area contributed by atoms with Gasteiger partial charge in [-0.3, -0.25) is 0 Å². The molecule has 8 heteroatoms. The van der Waals surface area contributed by atoms with Crippen LogP contribution in [0.2, 0.25) is 0 Å². The van der Waals surface area contributed by atoms with Gasteiger partial charge in [0.1, 0.15) is 17.2 Å². The monoisotopic (exact) mass is 546 g/mol. The predicted octanol–water partition coefficient (Wildman–Crippen LogP) is 6.44. The van der Waals surface area contributed by atoms with Crippen LogP contribution in [0.15, 0.2) is 72.8 Å². The normalized spacial score (nSPS) is 10.8. The van der Waals surface area contributed by atoms with Crippen LogP contribution in [0.5, 0.6) is 17.2 Å². The number of unbranched alkanes of at least 4 members (excludes halogenated alkanes) is 4. The Hall–Kier alpha value is -4.46. The van der Waals surface area contributed by atoms with Crippen molar-refractivity contribution in [1.82, 2.24) is 0 Å². The third-order valence-electron chi connectivity index (χ3n) is 5.85. The summed E-state index contributed by atoms with van der Waals surface area (Å²) < 4.78 is 22.0. The highest BCUT2D eigenvalue weighted by atomic mass is 16.5. The van der Waals surface area contributed by atoms with E-state index in [1.165, 1.54) is 6.08 Å². The molecule has 0 heterocycles. The van der Waals surface area contributed by atoms with Crippen LogP contribution in [0.3, 0.4) is 0 Å². The van der Waals surface area contributed by atoms with Crippen molar-refractivity contribution in [3.8, 4) is 17.2 Å². The van der Waals surface area contributed by atoms with E-state index in [4.69, 9.17) is 30.4 Å². The van der Waals surface area contributed by atoms with Crippen LogP contribution in [-0.2, 0) is 9.53 Å². The third kappa shape index (κ3) is 11.1. The second-order valence-electron chi connectivity index (χ2n) is 9.28. The molecule has 8 nitrogen and oxygen atoms in total. The molecule has 0 aliphatic rings. The second-order valence-corrected chi connectivity index (χ2v) is 9.28. The SMILES string of the molecule is CCCCOc1ccc(OC(=O)/C=C/c2ccc(OCCCCCCOC(=O)c3cc(N)cc(N)c3)cc2)cc1. The molecule has 3 rings (SSSR count). The lowest BCUT2D eigenvalue weighted by molar-refractivity contribution is -0.128. The van der Waals surface area contributed by atoms with Gasteiger partial charge in [0.2, 0.25) is 0 Å². The van der Waals surface area contributed by atoms with Gasteiger partial charge in [0.15, 0.2) is 0 Å². The van der Waals surface area contributed by atoms with E-state index < -0.39 is 11.9 Å². The molecule has 0 spiro atoms. The Labute approximate surface area is 235 Å². The van der Waals surface area contributed by atoms with Crippen molar-refractivity contribution in [2.75, 3.05) is 31.3 Å². The van der Waals surface area contributed by atoms with Gasteiger partial charge in [0.25, 0.3) is 0 Å². The molecule has 0 saturated heterocycles. The van der Waals surface area contributed by atoms with Crippen LogP contribution in [0.4, 0.5) is 11.4 Å². The zero-order valence-electron chi connectivity index (χ0n) is 23.0. The van der Waals surface area contributed by atoms with Crippen LogP contribution in [0.25, 0.3) is 6.08 Å². The Morgan fingerprint density at radius 2 is 1.25 bits per heavy atom. The summed E-state index contributed by atoms with van der Waals surface area (Å²) in [5, 5.41) is 0. The minimum atomic E-state index is -0.454.